The molecule has 1 saturated heterocycles. The zero-order chi connectivity index (χ0) is 30.1. The van der Waals surface area contributed by atoms with Gasteiger partial charge in [0.15, 0.2) is 0 Å². The molecule has 3 heterocycles. The number of carbonyl (C=O) groups excluding carboxylic acids is 1. The number of amides is 1. The fraction of sp³-hybridized carbons (Fsp3) is 0.333. The van der Waals surface area contributed by atoms with Gasteiger partial charge in [0.2, 0.25) is 0 Å². The lowest BCUT2D eigenvalue weighted by molar-refractivity contribution is -0.274. The first-order valence-electron chi connectivity index (χ1n) is 13.5. The van der Waals surface area contributed by atoms with Crippen molar-refractivity contribution in [1.82, 2.24) is 14.7 Å². The molecule has 0 bridgehead atoms. The minimum Gasteiger partial charge on any atom is -0.406 e. The molecule has 1 amide bonds. The van der Waals surface area contributed by atoms with Gasteiger partial charge in [-0.05, 0) is 72.7 Å². The third kappa shape index (κ3) is 6.63. The number of aryl methyl sites for hydroxylation is 1. The summed E-state index contributed by atoms with van der Waals surface area (Å²) in [5.41, 5.74) is 2.71. The Bertz CT molecular complexity index is 1540. The van der Waals surface area contributed by atoms with Crippen LogP contribution in [0.25, 0.3) is 5.65 Å². The van der Waals surface area contributed by atoms with Gasteiger partial charge in [0.1, 0.15) is 17.1 Å². The molecule has 2 aromatic heterocycles. The molecule has 2 aromatic carbocycles. The first-order valence-corrected chi connectivity index (χ1v) is 13.5. The van der Waals surface area contributed by atoms with E-state index in [1.54, 1.807) is 19.1 Å². The van der Waals surface area contributed by atoms with Crippen LogP contribution in [0.5, 0.6) is 5.75 Å². The van der Waals surface area contributed by atoms with Gasteiger partial charge in [-0.1, -0.05) is 31.2 Å². The summed E-state index contributed by atoms with van der Waals surface area (Å²) in [5, 5.41) is 2.80. The molecule has 12 heteroatoms. The molecule has 1 aliphatic heterocycles. The van der Waals surface area contributed by atoms with Gasteiger partial charge in [0, 0.05) is 31.5 Å². The number of benzene rings is 2. The summed E-state index contributed by atoms with van der Waals surface area (Å²) in [7, 11) is 0. The Labute approximate surface area is 237 Å². The zero-order valence-corrected chi connectivity index (χ0v) is 22.6. The molecule has 5 rings (SSSR count). The number of anilines is 1. The van der Waals surface area contributed by atoms with Crippen LogP contribution < -0.4 is 15.0 Å². The number of imidazole rings is 1. The predicted octanol–water partition coefficient (Wildman–Crippen LogP) is 7.13. The number of halogens is 6. The molecule has 1 aliphatic rings. The second kappa shape index (κ2) is 11.6. The van der Waals surface area contributed by atoms with Crippen LogP contribution in [0, 0.1) is 0 Å². The molecule has 0 spiro atoms. The van der Waals surface area contributed by atoms with E-state index in [0.717, 1.165) is 55.0 Å². The summed E-state index contributed by atoms with van der Waals surface area (Å²) in [6, 6.07) is 15.9. The normalized spacial score (nSPS) is 14.8. The van der Waals surface area contributed by atoms with Crippen LogP contribution in [0.15, 0.2) is 66.9 Å². The molecule has 0 saturated carbocycles. The highest BCUT2D eigenvalue weighted by atomic mass is 19.4. The largest absolute Gasteiger partial charge is 0.573 e. The van der Waals surface area contributed by atoms with Gasteiger partial charge in [-0.2, -0.15) is 13.2 Å². The van der Waals surface area contributed by atoms with E-state index in [1.807, 2.05) is 24.3 Å². The molecule has 0 unspecified atom stereocenters. The summed E-state index contributed by atoms with van der Waals surface area (Å²) in [6.07, 6.45) is -6.30. The van der Waals surface area contributed by atoms with Gasteiger partial charge in [0.25, 0.3) is 5.91 Å². The Balaban J connectivity index is 1.18. The van der Waals surface area contributed by atoms with Gasteiger partial charge in [0.05, 0.1) is 11.3 Å². The van der Waals surface area contributed by atoms with E-state index in [2.05, 4.69) is 19.9 Å². The number of rotatable bonds is 7. The number of hydrogen-bond acceptors (Lipinski definition) is 4. The van der Waals surface area contributed by atoms with Crippen LogP contribution in [-0.4, -0.2) is 34.7 Å². The number of aromatic nitrogens is 2. The van der Waals surface area contributed by atoms with Gasteiger partial charge >= 0.3 is 12.5 Å². The maximum absolute atomic E-state index is 13.3. The van der Waals surface area contributed by atoms with Crippen LogP contribution in [0.3, 0.4) is 0 Å². The highest BCUT2D eigenvalue weighted by molar-refractivity contribution is 5.94. The highest BCUT2D eigenvalue weighted by Crippen LogP contribution is 2.33. The van der Waals surface area contributed by atoms with Gasteiger partial charge in [-0.15, -0.1) is 13.2 Å². The molecular formula is C30H28F6N4O2. The van der Waals surface area contributed by atoms with E-state index < -0.39 is 24.0 Å². The summed E-state index contributed by atoms with van der Waals surface area (Å²) >= 11 is 0. The molecule has 6 nitrogen and oxygen atoms in total. The van der Waals surface area contributed by atoms with E-state index in [4.69, 9.17) is 0 Å². The Morgan fingerprint density at radius 1 is 0.952 bits per heavy atom. The van der Waals surface area contributed by atoms with Crippen molar-refractivity contribution in [2.45, 2.75) is 51.2 Å². The Kier molecular flexibility index (Phi) is 8.07. The smallest absolute Gasteiger partial charge is 0.406 e. The Morgan fingerprint density at radius 3 is 2.21 bits per heavy atom. The van der Waals surface area contributed by atoms with Crippen LogP contribution in [0.1, 0.15) is 58.6 Å². The summed E-state index contributed by atoms with van der Waals surface area (Å²) in [5.74, 6) is -0.516. The highest BCUT2D eigenvalue weighted by Gasteiger charge is 2.32. The fourth-order valence-electron chi connectivity index (χ4n) is 5.25. The second-order valence-corrected chi connectivity index (χ2v) is 10.1. The van der Waals surface area contributed by atoms with Gasteiger partial charge in [-0.25, -0.2) is 4.98 Å². The number of ether oxygens (including phenoxy) is 1. The summed E-state index contributed by atoms with van der Waals surface area (Å²) in [4.78, 5) is 19.6. The van der Waals surface area contributed by atoms with Gasteiger partial charge in [-0.3, -0.25) is 9.20 Å². The Hall–Kier alpha value is -4.22. The van der Waals surface area contributed by atoms with E-state index in [9.17, 15) is 31.1 Å². The average Bonchev–Trinajstić information content (AvgIpc) is 3.34. The van der Waals surface area contributed by atoms with Crippen molar-refractivity contribution in [3.05, 3.63) is 94.9 Å². The standard InChI is InChI=1S/C30H28F6N4O2/c1-2-25-27(40-18-22(29(31,32)33)7-12-26(40)38-25)28(41)37-17-19-3-8-23(9-4-19)39-15-13-21(14-16-39)20-5-10-24(11-6-20)42-30(34,35)36/h3-12,18,21H,2,13-17H2,1H3,(H,37,41). The summed E-state index contributed by atoms with van der Waals surface area (Å²) in [6.45, 7) is 3.52. The minimum absolute atomic E-state index is 0.0839. The molecule has 42 heavy (non-hydrogen) atoms. The molecule has 0 radical (unpaired) electrons. The first kappa shape index (κ1) is 29.3. The molecule has 0 aliphatic carbocycles. The van der Waals surface area contributed by atoms with Crippen molar-refractivity contribution in [1.29, 1.82) is 0 Å². The molecule has 1 fully saturated rings. The van der Waals surface area contributed by atoms with Gasteiger partial charge < -0.3 is 15.0 Å². The molecule has 222 valence electrons. The lowest BCUT2D eigenvalue weighted by Gasteiger charge is -2.34. The van der Waals surface area contributed by atoms with Crippen molar-refractivity contribution in [2.75, 3.05) is 18.0 Å². The topological polar surface area (TPSA) is 58.9 Å². The van der Waals surface area contributed by atoms with Crippen molar-refractivity contribution < 1.29 is 35.9 Å². The number of fused-ring (bicyclic) bond motifs is 1. The van der Waals surface area contributed by atoms with Crippen molar-refractivity contribution in [2.24, 2.45) is 0 Å². The number of carbonyl (C=O) groups is 1. The van der Waals surface area contributed by atoms with Crippen LogP contribution in [0.2, 0.25) is 0 Å². The number of pyridine rings is 1. The quantitative estimate of drug-likeness (QED) is 0.233. The second-order valence-electron chi connectivity index (χ2n) is 10.1. The van der Waals surface area contributed by atoms with E-state index in [0.29, 0.717) is 12.1 Å². The number of nitrogens with zero attached hydrogens (tertiary/aromatic N) is 3. The number of alkyl halides is 6. The third-order valence-electron chi connectivity index (χ3n) is 7.40. The van der Waals surface area contributed by atoms with Crippen molar-refractivity contribution in [3.63, 3.8) is 0 Å². The van der Waals surface area contributed by atoms with E-state index in [1.165, 1.54) is 22.6 Å². The monoisotopic (exact) mass is 590 g/mol. The van der Waals surface area contributed by atoms with Crippen LogP contribution >= 0.6 is 0 Å². The average molecular weight is 591 g/mol. The molecule has 4 aromatic rings. The fourth-order valence-corrected chi connectivity index (χ4v) is 5.25. The minimum atomic E-state index is -4.72. The first-order chi connectivity index (χ1) is 19.9. The number of piperidine rings is 1. The predicted molar refractivity (Wildman–Crippen MR) is 144 cm³/mol. The number of nitrogens with one attached hydrogen (secondary N) is 1. The van der Waals surface area contributed by atoms with Crippen molar-refractivity contribution in [3.8, 4) is 5.75 Å². The lowest BCUT2D eigenvalue weighted by atomic mass is 9.89. The van der Waals surface area contributed by atoms with E-state index >= 15 is 0 Å². The van der Waals surface area contributed by atoms with Crippen LogP contribution in [0.4, 0.5) is 32.0 Å². The maximum Gasteiger partial charge on any atom is 0.573 e. The Morgan fingerprint density at radius 2 is 1.62 bits per heavy atom. The summed E-state index contributed by atoms with van der Waals surface area (Å²) < 4.78 is 82.1. The molecule has 1 N–H and O–H groups in total. The number of hydrogen-bond donors (Lipinski definition) is 1. The lowest BCUT2D eigenvalue weighted by Crippen LogP contribution is -2.32. The SMILES string of the molecule is CCc1nc2ccc(C(F)(F)F)cn2c1C(=O)NCc1ccc(N2CCC(c3ccc(OC(F)(F)F)cc3)CC2)cc1. The van der Waals surface area contributed by atoms with Crippen molar-refractivity contribution >= 4 is 17.2 Å². The zero-order valence-electron chi connectivity index (χ0n) is 22.6. The third-order valence-corrected chi connectivity index (χ3v) is 7.40. The van der Waals surface area contributed by atoms with Crippen LogP contribution in [-0.2, 0) is 19.1 Å². The van der Waals surface area contributed by atoms with E-state index in [-0.39, 0.29) is 29.6 Å². The molecular weight excluding hydrogens is 562 g/mol. The molecule has 0 atom stereocenters. The maximum atomic E-state index is 13.3.